The fraction of sp³-hybridized carbons (Fsp3) is 0.657. The highest BCUT2D eigenvalue weighted by atomic mass is 14.4. The average molecular weight is 477 g/mol. The highest BCUT2D eigenvalue weighted by Crippen LogP contribution is 2.48. The van der Waals surface area contributed by atoms with Crippen molar-refractivity contribution >= 4 is 0 Å². The van der Waals surface area contributed by atoms with Crippen LogP contribution in [0.5, 0.6) is 0 Å². The van der Waals surface area contributed by atoms with Crippen LogP contribution in [0.15, 0.2) is 30.3 Å². The van der Waals surface area contributed by atoms with Crippen molar-refractivity contribution in [1.82, 2.24) is 0 Å². The molecule has 0 unspecified atom stereocenters. The van der Waals surface area contributed by atoms with E-state index in [0.717, 1.165) is 0 Å². The van der Waals surface area contributed by atoms with E-state index >= 15 is 0 Å². The lowest BCUT2D eigenvalue weighted by Crippen LogP contribution is -2.34. The molecule has 0 radical (unpaired) electrons. The molecule has 0 aromatic heterocycles. The summed E-state index contributed by atoms with van der Waals surface area (Å²) in [6, 6.07) is 12.2. The van der Waals surface area contributed by atoms with E-state index in [2.05, 4.69) is 148 Å². The molecule has 0 N–H and O–H groups in total. The molecule has 2 rings (SSSR count). The van der Waals surface area contributed by atoms with Gasteiger partial charge >= 0.3 is 0 Å². The highest BCUT2D eigenvalue weighted by molar-refractivity contribution is 5.57. The summed E-state index contributed by atoms with van der Waals surface area (Å²) in [6.07, 6.45) is 0. The normalized spacial score (nSPS) is 14.4. The minimum atomic E-state index is -0.136. The summed E-state index contributed by atoms with van der Waals surface area (Å²) in [7, 11) is 0. The summed E-state index contributed by atoms with van der Waals surface area (Å²) in [6.45, 7) is 40.4. The predicted octanol–water partition coefficient (Wildman–Crippen LogP) is 10.5. The zero-order chi connectivity index (χ0) is 27.6. The third-order valence-corrected chi connectivity index (χ3v) is 7.55. The Labute approximate surface area is 219 Å². The van der Waals surface area contributed by atoms with E-state index in [1.54, 1.807) is 0 Å². The molecule has 2 aromatic carbocycles. The Morgan fingerprint density at radius 2 is 0.714 bits per heavy atom. The zero-order valence-corrected chi connectivity index (χ0v) is 26.4. The Balaban J connectivity index is 3.12. The number of hydrogen-bond donors (Lipinski definition) is 0. The van der Waals surface area contributed by atoms with Crippen molar-refractivity contribution in [3.05, 3.63) is 69.3 Å². The van der Waals surface area contributed by atoms with E-state index in [0.29, 0.717) is 0 Å². The first-order valence-corrected chi connectivity index (χ1v) is 13.6. The lowest BCUT2D eigenvalue weighted by atomic mass is 9.62. The van der Waals surface area contributed by atoms with Crippen LogP contribution >= 0.6 is 0 Å². The van der Waals surface area contributed by atoms with Crippen LogP contribution in [-0.4, -0.2) is 0 Å². The van der Waals surface area contributed by atoms with Crippen LogP contribution in [0.2, 0.25) is 0 Å². The molecular formula is C35H56. The second kappa shape index (κ2) is 8.78. The summed E-state index contributed by atoms with van der Waals surface area (Å²) in [5.74, 6) is 0. The topological polar surface area (TPSA) is 0 Å². The van der Waals surface area contributed by atoms with Gasteiger partial charge in [-0.2, -0.15) is 0 Å². The molecule has 0 saturated carbocycles. The molecule has 0 bridgehead atoms. The van der Waals surface area contributed by atoms with Gasteiger partial charge in [0.2, 0.25) is 0 Å². The van der Waals surface area contributed by atoms with Crippen LogP contribution in [0, 0.1) is 0 Å². The van der Waals surface area contributed by atoms with Crippen molar-refractivity contribution in [3.63, 3.8) is 0 Å². The molecule has 0 heteroatoms. The van der Waals surface area contributed by atoms with Gasteiger partial charge in [-0.1, -0.05) is 148 Å². The van der Waals surface area contributed by atoms with E-state index < -0.39 is 0 Å². The molecule has 0 fully saturated rings. The fourth-order valence-corrected chi connectivity index (χ4v) is 5.63. The smallest absolute Gasteiger partial charge is 0.0152 e. The van der Waals surface area contributed by atoms with Crippen molar-refractivity contribution in [2.75, 3.05) is 0 Å². The summed E-state index contributed by atoms with van der Waals surface area (Å²) in [4.78, 5) is 0. The second-order valence-electron chi connectivity index (χ2n) is 16.5. The molecule has 0 amide bonds. The number of rotatable bonds is 2. The van der Waals surface area contributed by atoms with Crippen molar-refractivity contribution in [1.29, 1.82) is 0 Å². The molecule has 0 saturated heterocycles. The lowest BCUT2D eigenvalue weighted by Gasteiger charge is -2.42. The number of hydrogen-bond acceptors (Lipinski definition) is 0. The molecule has 0 heterocycles. The van der Waals surface area contributed by atoms with Crippen LogP contribution in [0.3, 0.4) is 0 Å². The van der Waals surface area contributed by atoms with Gasteiger partial charge in [0.1, 0.15) is 0 Å². The minimum absolute atomic E-state index is 0.0278. The summed E-state index contributed by atoms with van der Waals surface area (Å²) < 4.78 is 0. The van der Waals surface area contributed by atoms with Crippen LogP contribution in [0.4, 0.5) is 0 Å². The number of benzene rings is 2. The first kappa shape index (κ1) is 29.7. The van der Waals surface area contributed by atoms with Crippen LogP contribution in [0.25, 0.3) is 0 Å². The van der Waals surface area contributed by atoms with Gasteiger partial charge in [-0.25, -0.2) is 0 Å². The summed E-state index contributed by atoms with van der Waals surface area (Å²) in [5, 5.41) is 0. The van der Waals surface area contributed by atoms with Gasteiger partial charge in [0.15, 0.2) is 0 Å². The zero-order valence-electron chi connectivity index (χ0n) is 26.4. The summed E-state index contributed by atoms with van der Waals surface area (Å²) >= 11 is 0. The Morgan fingerprint density at radius 3 is 1.09 bits per heavy atom. The van der Waals surface area contributed by atoms with Gasteiger partial charge in [0.25, 0.3) is 0 Å². The average Bonchev–Trinajstić information content (AvgIpc) is 2.62. The van der Waals surface area contributed by atoms with Gasteiger partial charge in [-0.15, -0.1) is 0 Å². The molecule has 2 aromatic rings. The fourth-order valence-electron chi connectivity index (χ4n) is 5.63. The third kappa shape index (κ3) is 6.06. The third-order valence-electron chi connectivity index (χ3n) is 7.55. The molecule has 196 valence electrons. The van der Waals surface area contributed by atoms with Gasteiger partial charge in [-0.05, 0) is 66.0 Å². The van der Waals surface area contributed by atoms with E-state index in [1.165, 1.54) is 38.9 Å². The predicted molar refractivity (Wildman–Crippen MR) is 159 cm³/mol. The maximum Gasteiger partial charge on any atom is 0.0152 e. The Kier molecular flexibility index (Phi) is 7.44. The highest BCUT2D eigenvalue weighted by Gasteiger charge is 2.39. The molecule has 0 atom stereocenters. The van der Waals surface area contributed by atoms with Crippen molar-refractivity contribution in [2.24, 2.45) is 0 Å². The van der Waals surface area contributed by atoms with E-state index in [4.69, 9.17) is 0 Å². The second-order valence-corrected chi connectivity index (χ2v) is 16.5. The van der Waals surface area contributed by atoms with Gasteiger partial charge < -0.3 is 0 Å². The molecule has 0 aliphatic rings. The van der Waals surface area contributed by atoms with Gasteiger partial charge in [0, 0.05) is 5.41 Å². The Hall–Kier alpha value is -1.56. The summed E-state index contributed by atoms with van der Waals surface area (Å²) in [5.41, 5.74) is 10.6. The van der Waals surface area contributed by atoms with E-state index in [-0.39, 0.29) is 32.5 Å². The Bertz CT molecular complexity index is 1060. The molecule has 0 nitrogen and oxygen atoms in total. The van der Waals surface area contributed by atoms with Crippen LogP contribution in [0.1, 0.15) is 157 Å². The van der Waals surface area contributed by atoms with E-state index in [1.807, 2.05) is 0 Å². The maximum absolute atomic E-state index is 2.52. The van der Waals surface area contributed by atoms with Gasteiger partial charge in [0.05, 0.1) is 0 Å². The lowest BCUT2D eigenvalue weighted by molar-refractivity contribution is 0.479. The molecule has 0 aliphatic heterocycles. The Morgan fingerprint density at radius 1 is 0.343 bits per heavy atom. The SMILES string of the molecule is CC(C)(C)c1ccc(C(C)(C)C)c(C(C)(C)c2ccc(C(C)(C)C)c(C(C)(C)C)c2C(C)(C)C)c1. The minimum Gasteiger partial charge on any atom is -0.0582 e. The molecule has 35 heavy (non-hydrogen) atoms. The maximum atomic E-state index is 2.52. The molecular weight excluding hydrogens is 420 g/mol. The largest absolute Gasteiger partial charge is 0.0582 e. The van der Waals surface area contributed by atoms with Crippen LogP contribution in [-0.2, 0) is 32.5 Å². The van der Waals surface area contributed by atoms with Gasteiger partial charge in [-0.3, -0.25) is 0 Å². The molecule has 0 spiro atoms. The monoisotopic (exact) mass is 476 g/mol. The van der Waals surface area contributed by atoms with Crippen molar-refractivity contribution in [2.45, 2.75) is 150 Å². The standard InChI is InChI=1S/C35H56/c1-30(2,3)23-18-19-24(31(4,5)6)27(22-23)35(16,17)26-21-20-25(32(7,8)9)28(33(10,11)12)29(26)34(13,14)15/h18-22H,1-17H3. The van der Waals surface area contributed by atoms with E-state index in [9.17, 15) is 0 Å². The molecule has 0 aliphatic carbocycles. The van der Waals surface area contributed by atoms with Crippen LogP contribution < -0.4 is 0 Å². The van der Waals surface area contributed by atoms with Crippen molar-refractivity contribution < 1.29 is 0 Å². The quantitative estimate of drug-likeness (QED) is 0.404. The first-order chi connectivity index (χ1) is 15.3. The first-order valence-electron chi connectivity index (χ1n) is 13.6. The van der Waals surface area contributed by atoms with Crippen molar-refractivity contribution in [3.8, 4) is 0 Å².